The van der Waals surface area contributed by atoms with Crippen LogP contribution < -0.4 is 5.73 Å². The smallest absolute Gasteiger partial charge is 0.283 e. The molecule has 1 aliphatic heterocycles. The minimum absolute atomic E-state index is 0.0641. The second kappa shape index (κ2) is 8.49. The van der Waals surface area contributed by atoms with Crippen molar-refractivity contribution in [2.75, 3.05) is 6.67 Å². The zero-order valence-corrected chi connectivity index (χ0v) is 15.5. The van der Waals surface area contributed by atoms with E-state index in [1.54, 1.807) is 0 Å². The molecule has 2 atom stereocenters. The molecular formula is C20H16F4N4O2. The van der Waals surface area contributed by atoms with E-state index in [1.165, 1.54) is 24.4 Å². The fourth-order valence-corrected chi connectivity index (χ4v) is 3.25. The van der Waals surface area contributed by atoms with Crippen molar-refractivity contribution in [3.63, 3.8) is 0 Å². The number of aliphatic imine (C=N–C) groups is 1. The van der Waals surface area contributed by atoms with E-state index >= 15 is 0 Å². The topological polar surface area (TPSA) is 101 Å². The first-order valence-electron chi connectivity index (χ1n) is 8.83. The van der Waals surface area contributed by atoms with Gasteiger partial charge in [0.2, 0.25) is 0 Å². The van der Waals surface area contributed by atoms with Crippen molar-refractivity contribution in [3.8, 4) is 6.07 Å². The van der Waals surface area contributed by atoms with Crippen LogP contribution in [0.2, 0.25) is 0 Å². The highest BCUT2D eigenvalue weighted by atomic mass is 19.3. The number of halogens is 4. The van der Waals surface area contributed by atoms with Gasteiger partial charge in [0.15, 0.2) is 11.3 Å². The summed E-state index contributed by atoms with van der Waals surface area (Å²) in [7, 11) is 0. The van der Waals surface area contributed by atoms with Crippen LogP contribution in [-0.2, 0) is 16.7 Å². The third-order valence-corrected chi connectivity index (χ3v) is 4.71. The van der Waals surface area contributed by atoms with Gasteiger partial charge < -0.3 is 10.5 Å². The van der Waals surface area contributed by atoms with Crippen molar-refractivity contribution in [1.29, 1.82) is 5.26 Å². The summed E-state index contributed by atoms with van der Waals surface area (Å²) >= 11 is 0. The number of carbonyl (C=O) groups excluding carboxylic acids is 1. The first kappa shape index (κ1) is 21.2. The number of pyridine rings is 1. The fourth-order valence-electron chi connectivity index (χ4n) is 3.25. The monoisotopic (exact) mass is 420 g/mol. The second-order valence-corrected chi connectivity index (χ2v) is 6.73. The van der Waals surface area contributed by atoms with E-state index in [2.05, 4.69) is 9.98 Å². The van der Waals surface area contributed by atoms with Gasteiger partial charge in [-0.05, 0) is 29.8 Å². The van der Waals surface area contributed by atoms with E-state index < -0.39 is 54.3 Å². The lowest BCUT2D eigenvalue weighted by molar-refractivity contribution is -0.00516. The highest BCUT2D eigenvalue weighted by Crippen LogP contribution is 2.42. The number of nitrogens with two attached hydrogens (primary N) is 1. The number of aromatic nitrogens is 1. The molecule has 1 aliphatic rings. The molecule has 1 aromatic carbocycles. The molecule has 156 valence electrons. The number of rotatable bonds is 6. The van der Waals surface area contributed by atoms with Gasteiger partial charge in [0.05, 0.1) is 5.56 Å². The van der Waals surface area contributed by atoms with Crippen molar-refractivity contribution >= 4 is 11.8 Å². The quantitative estimate of drug-likeness (QED) is 0.572. The summed E-state index contributed by atoms with van der Waals surface area (Å²) in [5.41, 5.74) is 3.07. The molecule has 3 rings (SSSR count). The molecule has 0 saturated carbocycles. The van der Waals surface area contributed by atoms with Crippen molar-refractivity contribution in [1.82, 2.24) is 4.98 Å². The minimum Gasteiger partial charge on any atom is -0.459 e. The molecule has 2 aromatic rings. The number of hydrogen-bond donors (Lipinski definition) is 1. The fraction of sp³-hybridized carbons (Fsp3) is 0.300. The third-order valence-electron chi connectivity index (χ3n) is 4.71. The van der Waals surface area contributed by atoms with Gasteiger partial charge in [-0.3, -0.25) is 9.78 Å². The van der Waals surface area contributed by atoms with Crippen LogP contribution in [0.3, 0.4) is 0 Å². The highest BCUT2D eigenvalue weighted by molar-refractivity contribution is 5.95. The Morgan fingerprint density at radius 1 is 1.37 bits per heavy atom. The van der Waals surface area contributed by atoms with Gasteiger partial charge >= 0.3 is 0 Å². The summed E-state index contributed by atoms with van der Waals surface area (Å²) in [6.07, 6.45) is -4.15. The first-order valence-corrected chi connectivity index (χ1v) is 8.83. The van der Waals surface area contributed by atoms with E-state index in [-0.39, 0.29) is 23.2 Å². The van der Waals surface area contributed by atoms with Gasteiger partial charge in [0.1, 0.15) is 30.4 Å². The molecule has 10 heteroatoms. The lowest BCUT2D eigenvalue weighted by Gasteiger charge is -2.36. The predicted molar refractivity (Wildman–Crippen MR) is 98.2 cm³/mol. The van der Waals surface area contributed by atoms with Crippen LogP contribution >= 0.6 is 0 Å². The van der Waals surface area contributed by atoms with Gasteiger partial charge in [0, 0.05) is 24.6 Å². The van der Waals surface area contributed by atoms with Crippen molar-refractivity contribution in [2.24, 2.45) is 10.7 Å². The van der Waals surface area contributed by atoms with Crippen LogP contribution in [0, 0.1) is 17.1 Å². The molecule has 0 fully saturated rings. The molecule has 0 amide bonds. The van der Waals surface area contributed by atoms with E-state index in [0.717, 1.165) is 12.1 Å². The van der Waals surface area contributed by atoms with Crippen LogP contribution in [0.15, 0.2) is 41.5 Å². The molecule has 0 radical (unpaired) electrons. The Balaban J connectivity index is 1.96. The Kier molecular flexibility index (Phi) is 6.01. The van der Waals surface area contributed by atoms with Crippen molar-refractivity contribution < 1.29 is 27.1 Å². The number of nitriles is 1. The lowest BCUT2D eigenvalue weighted by atomic mass is 9.83. The largest absolute Gasteiger partial charge is 0.459 e. The average Bonchev–Trinajstić information content (AvgIpc) is 2.74. The number of amidine groups is 1. The normalized spacial score (nSPS) is 20.9. The molecular weight excluding hydrogens is 404 g/mol. The van der Waals surface area contributed by atoms with E-state index in [4.69, 9.17) is 15.7 Å². The number of hydrogen-bond acceptors (Lipinski definition) is 6. The Morgan fingerprint density at radius 2 is 2.13 bits per heavy atom. The molecule has 0 spiro atoms. The average molecular weight is 420 g/mol. The number of ether oxygens (including phenoxy) is 1. The van der Waals surface area contributed by atoms with Gasteiger partial charge in [0.25, 0.3) is 12.4 Å². The van der Waals surface area contributed by atoms with Crippen molar-refractivity contribution in [2.45, 2.75) is 30.9 Å². The molecule has 0 unspecified atom stereocenters. The van der Waals surface area contributed by atoms with Crippen LogP contribution in [0.25, 0.3) is 0 Å². The van der Waals surface area contributed by atoms with Gasteiger partial charge in [-0.2, -0.15) is 5.26 Å². The second-order valence-electron chi connectivity index (χ2n) is 6.73. The maximum atomic E-state index is 14.6. The summed E-state index contributed by atoms with van der Waals surface area (Å²) in [5, 5.41) is 8.78. The molecule has 0 bridgehead atoms. The molecule has 2 heterocycles. The SMILES string of the molecule is N#Cc1ccc(C(=O)Cc2ccc(F)c([C@]3(C(F)F)C[C@@H](CF)OC(N)=N3)c2)nc1. The number of carbonyl (C=O) groups is 1. The Bertz CT molecular complexity index is 1020. The number of ketones is 1. The molecule has 2 N–H and O–H groups in total. The van der Waals surface area contributed by atoms with Gasteiger partial charge in [-0.25, -0.2) is 22.6 Å². The van der Waals surface area contributed by atoms with Crippen LogP contribution in [0.5, 0.6) is 0 Å². The zero-order chi connectivity index (χ0) is 21.9. The predicted octanol–water partition coefficient (Wildman–Crippen LogP) is 3.05. The van der Waals surface area contributed by atoms with Crippen molar-refractivity contribution in [3.05, 3.63) is 64.7 Å². The number of nitrogens with zero attached hydrogens (tertiary/aromatic N) is 3. The Labute approximate surface area is 169 Å². The lowest BCUT2D eigenvalue weighted by Crippen LogP contribution is -2.46. The third kappa shape index (κ3) is 4.10. The van der Waals surface area contributed by atoms with Gasteiger partial charge in [-0.15, -0.1) is 0 Å². The van der Waals surface area contributed by atoms with E-state index in [0.29, 0.717) is 0 Å². The minimum atomic E-state index is -3.20. The van der Waals surface area contributed by atoms with E-state index in [9.17, 15) is 22.4 Å². The van der Waals surface area contributed by atoms with Crippen LogP contribution in [0.4, 0.5) is 17.6 Å². The van der Waals surface area contributed by atoms with Crippen LogP contribution in [-0.4, -0.2) is 36.0 Å². The first-order chi connectivity index (χ1) is 14.3. The summed E-state index contributed by atoms with van der Waals surface area (Å²) in [6, 6.07) is 7.31. The highest BCUT2D eigenvalue weighted by Gasteiger charge is 2.49. The molecule has 6 nitrogen and oxygen atoms in total. The zero-order valence-electron chi connectivity index (χ0n) is 15.5. The maximum Gasteiger partial charge on any atom is 0.283 e. The summed E-state index contributed by atoms with van der Waals surface area (Å²) < 4.78 is 60.7. The molecule has 0 aliphatic carbocycles. The summed E-state index contributed by atoms with van der Waals surface area (Å²) in [4.78, 5) is 20.0. The number of benzene rings is 1. The summed E-state index contributed by atoms with van der Waals surface area (Å²) in [5.74, 6) is -1.45. The molecule has 0 saturated heterocycles. The van der Waals surface area contributed by atoms with E-state index in [1.807, 2.05) is 6.07 Å². The Hall–Kier alpha value is -3.48. The number of alkyl halides is 3. The summed E-state index contributed by atoms with van der Waals surface area (Å²) in [6.45, 7) is -1.10. The molecule has 30 heavy (non-hydrogen) atoms. The molecule has 1 aromatic heterocycles. The maximum absolute atomic E-state index is 14.6. The number of Topliss-reactive ketones (excluding diaryl/α,β-unsaturated/α-hetero) is 1. The van der Waals surface area contributed by atoms with Gasteiger partial charge in [-0.1, -0.05) is 6.07 Å². The standard InChI is InChI=1S/C20H16F4N4O2/c21-8-13-7-20(18(23)24,28-19(26)30-13)14-5-11(1-3-15(14)22)6-17(29)16-4-2-12(9-25)10-27-16/h1-5,10,13,18H,6-8H2,(H2,26,28)/t13-,20-/m0/s1. The Morgan fingerprint density at radius 3 is 2.73 bits per heavy atom. The van der Waals surface area contributed by atoms with Crippen LogP contribution in [0.1, 0.15) is 33.6 Å².